The molecular formula is C13H12N4. The predicted octanol–water partition coefficient (Wildman–Crippen LogP) is 2.15. The predicted molar refractivity (Wildman–Crippen MR) is 67.1 cm³/mol. The Labute approximate surface area is 99.7 Å². The lowest BCUT2D eigenvalue weighted by atomic mass is 10.1. The summed E-state index contributed by atoms with van der Waals surface area (Å²) in [4.78, 5) is 3.92. The summed E-state index contributed by atoms with van der Waals surface area (Å²) in [6.45, 7) is 0.652. The molecule has 0 aliphatic heterocycles. The third-order valence-electron chi connectivity index (χ3n) is 2.33. The van der Waals surface area contributed by atoms with Gasteiger partial charge in [-0.05, 0) is 23.8 Å². The molecule has 4 heteroatoms. The average Bonchev–Trinajstić information content (AvgIpc) is 2.37. The van der Waals surface area contributed by atoms with Crippen LogP contribution in [0.1, 0.15) is 11.1 Å². The van der Waals surface area contributed by atoms with Crippen LogP contribution in [-0.2, 0) is 6.54 Å². The van der Waals surface area contributed by atoms with E-state index >= 15 is 0 Å². The minimum Gasteiger partial charge on any atom is -0.384 e. The van der Waals surface area contributed by atoms with Gasteiger partial charge in [-0.2, -0.15) is 5.26 Å². The van der Waals surface area contributed by atoms with Gasteiger partial charge in [-0.1, -0.05) is 12.1 Å². The zero-order valence-electron chi connectivity index (χ0n) is 9.22. The lowest BCUT2D eigenvalue weighted by molar-refractivity contribution is 1.14. The van der Waals surface area contributed by atoms with Crippen LogP contribution in [-0.4, -0.2) is 4.98 Å². The van der Waals surface area contributed by atoms with Crippen molar-refractivity contribution in [3.05, 3.63) is 53.7 Å². The highest BCUT2D eigenvalue weighted by atomic mass is 14.9. The molecule has 84 valence electrons. The zero-order valence-corrected chi connectivity index (χ0v) is 9.22. The van der Waals surface area contributed by atoms with Gasteiger partial charge in [0, 0.05) is 24.5 Å². The fraction of sp³-hybridized carbons (Fsp3) is 0.0769. The van der Waals surface area contributed by atoms with E-state index < -0.39 is 0 Å². The lowest BCUT2D eigenvalue weighted by Crippen LogP contribution is -2.00. The number of nitrogens with one attached hydrogen (secondary N) is 1. The molecule has 4 nitrogen and oxygen atoms in total. The summed E-state index contributed by atoms with van der Waals surface area (Å²) in [5.74, 6) is 0.487. The summed E-state index contributed by atoms with van der Waals surface area (Å²) in [5, 5.41) is 12.0. The van der Waals surface area contributed by atoms with Crippen LogP contribution in [0.4, 0.5) is 11.5 Å². The molecule has 0 atom stereocenters. The molecule has 0 fully saturated rings. The summed E-state index contributed by atoms with van der Waals surface area (Å²) in [6, 6.07) is 13.2. The molecule has 0 saturated heterocycles. The van der Waals surface area contributed by atoms with Crippen molar-refractivity contribution in [3.8, 4) is 6.07 Å². The molecule has 0 aliphatic carbocycles. The van der Waals surface area contributed by atoms with Crippen molar-refractivity contribution in [2.75, 3.05) is 11.1 Å². The Bertz CT molecular complexity index is 557. The molecular weight excluding hydrogens is 212 g/mol. The molecule has 1 aromatic carbocycles. The van der Waals surface area contributed by atoms with Gasteiger partial charge in [-0.3, -0.25) is 0 Å². The highest BCUT2D eigenvalue weighted by Crippen LogP contribution is 2.11. The first-order valence-electron chi connectivity index (χ1n) is 5.22. The maximum atomic E-state index is 8.79. The van der Waals surface area contributed by atoms with Gasteiger partial charge in [0.15, 0.2) is 0 Å². The van der Waals surface area contributed by atoms with E-state index in [1.165, 1.54) is 0 Å². The van der Waals surface area contributed by atoms with Crippen LogP contribution in [0, 0.1) is 11.3 Å². The van der Waals surface area contributed by atoms with Crippen molar-refractivity contribution in [1.82, 2.24) is 4.98 Å². The minimum atomic E-state index is 0.487. The number of nitrogens with two attached hydrogens (primary N) is 1. The van der Waals surface area contributed by atoms with Gasteiger partial charge in [0.05, 0.1) is 11.6 Å². The van der Waals surface area contributed by atoms with Crippen molar-refractivity contribution in [3.63, 3.8) is 0 Å². The smallest absolute Gasteiger partial charge is 0.125 e. The fourth-order valence-electron chi connectivity index (χ4n) is 1.51. The SMILES string of the molecule is N#Cc1cccc(CNc2ccnc(N)c2)c1. The third-order valence-corrected chi connectivity index (χ3v) is 2.33. The van der Waals surface area contributed by atoms with Crippen LogP contribution < -0.4 is 11.1 Å². The van der Waals surface area contributed by atoms with E-state index in [2.05, 4.69) is 16.4 Å². The Morgan fingerprint density at radius 1 is 1.29 bits per heavy atom. The standard InChI is InChI=1S/C13H12N4/c14-8-10-2-1-3-11(6-10)9-17-12-4-5-16-13(15)7-12/h1-7H,9H2,(H3,15,16,17). The van der Waals surface area contributed by atoms with Crippen molar-refractivity contribution in [1.29, 1.82) is 5.26 Å². The van der Waals surface area contributed by atoms with Crippen LogP contribution in [0.2, 0.25) is 0 Å². The first-order valence-corrected chi connectivity index (χ1v) is 5.22. The second-order valence-corrected chi connectivity index (χ2v) is 3.64. The van der Waals surface area contributed by atoms with Gasteiger partial charge in [-0.15, -0.1) is 0 Å². The van der Waals surface area contributed by atoms with Gasteiger partial charge >= 0.3 is 0 Å². The van der Waals surface area contributed by atoms with E-state index in [9.17, 15) is 0 Å². The Morgan fingerprint density at radius 3 is 2.94 bits per heavy atom. The summed E-state index contributed by atoms with van der Waals surface area (Å²) < 4.78 is 0. The normalized spacial score (nSPS) is 9.59. The van der Waals surface area contributed by atoms with Crippen LogP contribution in [0.15, 0.2) is 42.6 Å². The first-order chi connectivity index (χ1) is 8.28. The lowest BCUT2D eigenvalue weighted by Gasteiger charge is -2.06. The largest absolute Gasteiger partial charge is 0.384 e. The molecule has 0 spiro atoms. The number of nitrogen functional groups attached to an aromatic ring is 1. The van der Waals surface area contributed by atoms with Gasteiger partial charge in [0.25, 0.3) is 0 Å². The van der Waals surface area contributed by atoms with Crippen LogP contribution >= 0.6 is 0 Å². The molecule has 3 N–H and O–H groups in total. The second-order valence-electron chi connectivity index (χ2n) is 3.64. The van der Waals surface area contributed by atoms with Crippen LogP contribution in [0.25, 0.3) is 0 Å². The highest BCUT2D eigenvalue weighted by Gasteiger charge is 1.96. The number of rotatable bonds is 3. The highest BCUT2D eigenvalue weighted by molar-refractivity contribution is 5.50. The Kier molecular flexibility index (Phi) is 3.22. The van der Waals surface area contributed by atoms with Crippen molar-refractivity contribution in [2.45, 2.75) is 6.54 Å². The molecule has 1 heterocycles. The average molecular weight is 224 g/mol. The summed E-state index contributed by atoms with van der Waals surface area (Å²) >= 11 is 0. The van der Waals surface area contributed by atoms with Crippen LogP contribution in [0.3, 0.4) is 0 Å². The number of aromatic nitrogens is 1. The number of benzene rings is 1. The van der Waals surface area contributed by atoms with Gasteiger partial charge in [0.1, 0.15) is 5.82 Å². The van der Waals surface area contributed by atoms with Crippen molar-refractivity contribution in [2.24, 2.45) is 0 Å². The number of pyridine rings is 1. The monoisotopic (exact) mass is 224 g/mol. The van der Waals surface area contributed by atoms with E-state index in [1.807, 2.05) is 24.3 Å². The number of hydrogen-bond acceptors (Lipinski definition) is 4. The topological polar surface area (TPSA) is 74.7 Å². The van der Waals surface area contributed by atoms with E-state index in [0.29, 0.717) is 17.9 Å². The van der Waals surface area contributed by atoms with Gasteiger partial charge in [-0.25, -0.2) is 4.98 Å². The van der Waals surface area contributed by atoms with E-state index in [1.54, 1.807) is 18.3 Å². The number of hydrogen-bond donors (Lipinski definition) is 2. The number of nitrogens with zero attached hydrogens (tertiary/aromatic N) is 2. The Hall–Kier alpha value is -2.54. The molecule has 0 radical (unpaired) electrons. The molecule has 17 heavy (non-hydrogen) atoms. The maximum absolute atomic E-state index is 8.79. The van der Waals surface area contributed by atoms with Crippen LogP contribution in [0.5, 0.6) is 0 Å². The molecule has 0 bridgehead atoms. The molecule has 0 amide bonds. The second kappa shape index (κ2) is 4.99. The zero-order chi connectivity index (χ0) is 12.1. The third kappa shape index (κ3) is 2.95. The Balaban J connectivity index is 2.05. The molecule has 0 aliphatic rings. The van der Waals surface area contributed by atoms with E-state index in [-0.39, 0.29) is 0 Å². The molecule has 0 unspecified atom stereocenters. The minimum absolute atomic E-state index is 0.487. The molecule has 1 aromatic heterocycles. The van der Waals surface area contributed by atoms with E-state index in [0.717, 1.165) is 11.3 Å². The first kappa shape index (κ1) is 11.0. The quantitative estimate of drug-likeness (QED) is 0.837. The molecule has 2 aromatic rings. The molecule has 0 saturated carbocycles. The summed E-state index contributed by atoms with van der Waals surface area (Å²) in [7, 11) is 0. The molecule has 2 rings (SSSR count). The van der Waals surface area contributed by atoms with E-state index in [4.69, 9.17) is 11.0 Å². The fourth-order valence-corrected chi connectivity index (χ4v) is 1.51. The van der Waals surface area contributed by atoms with Crippen molar-refractivity contribution >= 4 is 11.5 Å². The maximum Gasteiger partial charge on any atom is 0.125 e. The van der Waals surface area contributed by atoms with Crippen molar-refractivity contribution < 1.29 is 0 Å². The Morgan fingerprint density at radius 2 is 2.18 bits per heavy atom. The van der Waals surface area contributed by atoms with Gasteiger partial charge in [0.2, 0.25) is 0 Å². The summed E-state index contributed by atoms with van der Waals surface area (Å²) in [5.41, 5.74) is 8.22. The summed E-state index contributed by atoms with van der Waals surface area (Å²) in [6.07, 6.45) is 1.66. The number of nitriles is 1. The van der Waals surface area contributed by atoms with Gasteiger partial charge < -0.3 is 11.1 Å². The number of anilines is 2.